The van der Waals surface area contributed by atoms with E-state index in [9.17, 15) is 22.8 Å². The summed E-state index contributed by atoms with van der Waals surface area (Å²) in [5.41, 5.74) is 0.781. The van der Waals surface area contributed by atoms with Gasteiger partial charge in [-0.1, -0.05) is 0 Å². The average molecular weight is 490 g/mol. The van der Waals surface area contributed by atoms with E-state index in [2.05, 4.69) is 20.2 Å². The minimum atomic E-state index is -4.63. The molecule has 0 atom stereocenters. The van der Waals surface area contributed by atoms with Crippen LogP contribution >= 0.6 is 0 Å². The first-order valence-corrected chi connectivity index (χ1v) is 11.5. The molecule has 3 aromatic rings. The molecule has 3 aromatic heterocycles. The number of aromatic amines is 1. The van der Waals surface area contributed by atoms with Crippen molar-refractivity contribution in [2.75, 3.05) is 30.4 Å². The molecule has 12 heteroatoms. The van der Waals surface area contributed by atoms with Crippen LogP contribution in [0.1, 0.15) is 42.7 Å². The van der Waals surface area contributed by atoms with Gasteiger partial charge >= 0.3 is 12.2 Å². The van der Waals surface area contributed by atoms with Crippen molar-refractivity contribution in [3.05, 3.63) is 46.1 Å². The first kappa shape index (κ1) is 23.2. The Kier molecular flexibility index (Phi) is 5.68. The van der Waals surface area contributed by atoms with E-state index in [1.807, 2.05) is 6.20 Å². The maximum absolute atomic E-state index is 13.1. The third kappa shape index (κ3) is 4.56. The number of rotatable bonds is 4. The van der Waals surface area contributed by atoms with Gasteiger partial charge in [0.2, 0.25) is 0 Å². The average Bonchev–Trinajstić information content (AvgIpc) is 3.59. The lowest BCUT2D eigenvalue weighted by atomic mass is 10.0. The Hall–Kier alpha value is -3.57. The van der Waals surface area contributed by atoms with E-state index in [1.54, 1.807) is 13.2 Å². The molecule has 1 aliphatic carbocycles. The fourth-order valence-electron chi connectivity index (χ4n) is 4.57. The van der Waals surface area contributed by atoms with E-state index >= 15 is 0 Å². The smallest absolute Gasteiger partial charge is 0.355 e. The molecular weight excluding hydrogens is 463 g/mol. The number of hydrogen-bond acceptors (Lipinski definition) is 5. The summed E-state index contributed by atoms with van der Waals surface area (Å²) >= 11 is 0. The van der Waals surface area contributed by atoms with Crippen molar-refractivity contribution >= 4 is 28.7 Å². The fourth-order valence-corrected chi connectivity index (χ4v) is 4.57. The molecule has 4 heterocycles. The van der Waals surface area contributed by atoms with Gasteiger partial charge in [0.15, 0.2) is 5.65 Å². The van der Waals surface area contributed by atoms with Crippen LogP contribution in [0.4, 0.5) is 29.5 Å². The predicted molar refractivity (Wildman–Crippen MR) is 125 cm³/mol. The van der Waals surface area contributed by atoms with Crippen molar-refractivity contribution < 1.29 is 18.0 Å². The zero-order valence-corrected chi connectivity index (χ0v) is 19.4. The van der Waals surface area contributed by atoms with Gasteiger partial charge in [-0.15, -0.1) is 0 Å². The summed E-state index contributed by atoms with van der Waals surface area (Å²) in [5.74, 6) is 1.34. The van der Waals surface area contributed by atoms with Crippen LogP contribution in [0, 0.1) is 0 Å². The second-order valence-corrected chi connectivity index (χ2v) is 9.26. The molecule has 2 amide bonds. The van der Waals surface area contributed by atoms with E-state index in [1.165, 1.54) is 30.4 Å². The number of alkyl halides is 3. The van der Waals surface area contributed by atoms with Gasteiger partial charge in [0, 0.05) is 51.2 Å². The topological polar surface area (TPSA) is 99.1 Å². The van der Waals surface area contributed by atoms with Crippen LogP contribution in [-0.2, 0) is 13.2 Å². The second kappa shape index (κ2) is 8.58. The van der Waals surface area contributed by atoms with Gasteiger partial charge < -0.3 is 24.7 Å². The fraction of sp³-hybridized carbons (Fsp3) is 0.478. The number of urea groups is 1. The van der Waals surface area contributed by atoms with Gasteiger partial charge in [0.05, 0.1) is 11.8 Å². The first-order valence-electron chi connectivity index (χ1n) is 11.5. The van der Waals surface area contributed by atoms with Gasteiger partial charge in [-0.25, -0.2) is 14.8 Å². The maximum Gasteiger partial charge on any atom is 0.417 e. The largest absolute Gasteiger partial charge is 0.417 e. The number of pyridine rings is 1. The van der Waals surface area contributed by atoms with Crippen LogP contribution in [0.2, 0.25) is 0 Å². The van der Waals surface area contributed by atoms with Crippen LogP contribution in [0.3, 0.4) is 0 Å². The van der Waals surface area contributed by atoms with Crippen molar-refractivity contribution in [3.8, 4) is 0 Å². The maximum atomic E-state index is 13.1. The van der Waals surface area contributed by atoms with Gasteiger partial charge in [-0.3, -0.25) is 4.79 Å². The summed E-state index contributed by atoms with van der Waals surface area (Å²) in [6.07, 6.45) is 3.45. The van der Waals surface area contributed by atoms with Crippen molar-refractivity contribution in [3.63, 3.8) is 0 Å². The van der Waals surface area contributed by atoms with Crippen molar-refractivity contribution in [2.24, 2.45) is 7.05 Å². The Morgan fingerprint density at radius 1 is 1.23 bits per heavy atom. The summed E-state index contributed by atoms with van der Waals surface area (Å²) in [5, 5.41) is 2.36. The minimum absolute atomic E-state index is 0.133. The number of H-pyrrole nitrogens is 1. The molecular formula is C23H26F3N7O2. The molecule has 0 radical (unpaired) electrons. The molecule has 186 valence electrons. The SMILES string of the molecule is CN(C(=O)Nc1cc(C(F)(F)F)cn(C)c1=O)C1CCN(c2cnc3[nH]cc(C4CC4)c3n2)CC1. The molecule has 35 heavy (non-hydrogen) atoms. The monoisotopic (exact) mass is 489 g/mol. The third-order valence-electron chi connectivity index (χ3n) is 6.82. The van der Waals surface area contributed by atoms with Crippen LogP contribution in [0.15, 0.2) is 29.5 Å². The van der Waals surface area contributed by atoms with E-state index in [0.29, 0.717) is 44.1 Å². The Balaban J connectivity index is 1.24. The Labute approximate surface area is 199 Å². The molecule has 0 spiro atoms. The highest BCUT2D eigenvalue weighted by Crippen LogP contribution is 2.42. The molecule has 0 unspecified atom stereocenters. The zero-order chi connectivity index (χ0) is 24.9. The second-order valence-electron chi connectivity index (χ2n) is 9.26. The zero-order valence-electron chi connectivity index (χ0n) is 19.4. The normalized spacial score (nSPS) is 17.1. The number of aromatic nitrogens is 4. The van der Waals surface area contributed by atoms with Crippen molar-refractivity contribution in [1.29, 1.82) is 0 Å². The molecule has 9 nitrogen and oxygen atoms in total. The number of anilines is 2. The molecule has 5 rings (SSSR count). The quantitative estimate of drug-likeness (QED) is 0.583. The number of carbonyl (C=O) groups excluding carboxylic acids is 1. The number of nitrogens with one attached hydrogen (secondary N) is 2. The van der Waals surface area contributed by atoms with Gasteiger partial charge in [-0.2, -0.15) is 13.2 Å². The number of aryl methyl sites for hydroxylation is 1. The van der Waals surface area contributed by atoms with Gasteiger partial charge in [0.25, 0.3) is 5.56 Å². The third-order valence-corrected chi connectivity index (χ3v) is 6.82. The molecule has 2 N–H and O–H groups in total. The molecule has 2 fully saturated rings. The Morgan fingerprint density at radius 3 is 2.60 bits per heavy atom. The summed E-state index contributed by atoms with van der Waals surface area (Å²) in [7, 11) is 2.80. The van der Waals surface area contributed by atoms with Gasteiger partial charge in [-0.05, 0) is 37.7 Å². The summed E-state index contributed by atoms with van der Waals surface area (Å²) in [4.78, 5) is 41.1. The molecule has 1 aliphatic heterocycles. The molecule has 2 aliphatic rings. The molecule has 1 saturated carbocycles. The highest BCUT2D eigenvalue weighted by Gasteiger charge is 2.33. The van der Waals surface area contributed by atoms with E-state index in [-0.39, 0.29) is 6.04 Å². The number of halogens is 3. The minimum Gasteiger partial charge on any atom is -0.355 e. The Morgan fingerprint density at radius 2 is 1.94 bits per heavy atom. The van der Waals surface area contributed by atoms with Crippen LogP contribution in [-0.4, -0.2) is 56.6 Å². The highest BCUT2D eigenvalue weighted by atomic mass is 19.4. The van der Waals surface area contributed by atoms with Crippen LogP contribution in [0.25, 0.3) is 11.2 Å². The summed E-state index contributed by atoms with van der Waals surface area (Å²) < 4.78 is 40.2. The lowest BCUT2D eigenvalue weighted by Gasteiger charge is -2.37. The predicted octanol–water partition coefficient (Wildman–Crippen LogP) is 3.69. The Bertz CT molecular complexity index is 1320. The van der Waals surface area contributed by atoms with E-state index in [4.69, 9.17) is 4.98 Å². The lowest BCUT2D eigenvalue weighted by molar-refractivity contribution is -0.138. The number of carbonyl (C=O) groups is 1. The summed E-state index contributed by atoms with van der Waals surface area (Å²) in [6.45, 7) is 1.30. The summed E-state index contributed by atoms with van der Waals surface area (Å²) in [6, 6.07) is -0.0862. The first-order chi connectivity index (χ1) is 16.6. The molecule has 0 aromatic carbocycles. The molecule has 0 bridgehead atoms. The standard InChI is InChI=1S/C23H26F3N7O2/c1-31-12-14(23(24,25)26)9-17(21(31)34)29-22(35)32(2)15-5-7-33(8-6-15)18-11-28-20-19(30-18)16(10-27-20)13-3-4-13/h9-13,15H,3-8H2,1-2H3,(H,27,28)(H,29,35). The number of amides is 2. The lowest BCUT2D eigenvalue weighted by Crippen LogP contribution is -2.47. The van der Waals surface area contributed by atoms with Crippen molar-refractivity contribution in [1.82, 2.24) is 24.4 Å². The van der Waals surface area contributed by atoms with Crippen LogP contribution < -0.4 is 15.8 Å². The van der Waals surface area contributed by atoms with Gasteiger partial charge in [0.1, 0.15) is 17.0 Å². The highest BCUT2D eigenvalue weighted by molar-refractivity contribution is 5.89. The number of hydrogen-bond donors (Lipinski definition) is 2. The number of nitrogens with zero attached hydrogens (tertiary/aromatic N) is 5. The number of fused-ring (bicyclic) bond motifs is 1. The van der Waals surface area contributed by atoms with E-state index < -0.39 is 29.0 Å². The van der Waals surface area contributed by atoms with Crippen LogP contribution in [0.5, 0.6) is 0 Å². The van der Waals surface area contributed by atoms with E-state index in [0.717, 1.165) is 21.5 Å². The molecule has 1 saturated heterocycles. The van der Waals surface area contributed by atoms with Crippen molar-refractivity contribution in [2.45, 2.75) is 43.8 Å². The number of piperidine rings is 1.